The summed E-state index contributed by atoms with van der Waals surface area (Å²) < 4.78 is 31.3. The highest BCUT2D eigenvalue weighted by atomic mass is 32.2. The Morgan fingerprint density at radius 2 is 1.68 bits per heavy atom. The number of anilines is 1. The monoisotopic (exact) mass is 446 g/mol. The van der Waals surface area contributed by atoms with Gasteiger partial charge < -0.3 is 10.1 Å². The van der Waals surface area contributed by atoms with Crippen LogP contribution in [0.4, 0.5) is 5.69 Å². The smallest absolute Gasteiger partial charge is 0.232 e. The van der Waals surface area contributed by atoms with Gasteiger partial charge in [-0.1, -0.05) is 12.1 Å². The van der Waals surface area contributed by atoms with Crippen LogP contribution in [-0.4, -0.2) is 33.7 Å². The fraction of sp³-hybridized carbons (Fsp3) is 0.458. The zero-order chi connectivity index (χ0) is 23.2. The molecule has 0 saturated heterocycles. The van der Waals surface area contributed by atoms with Gasteiger partial charge in [-0.25, -0.2) is 8.42 Å². The minimum Gasteiger partial charge on any atom is -0.494 e. The Kier molecular flexibility index (Phi) is 8.51. The minimum atomic E-state index is -3.46. The van der Waals surface area contributed by atoms with Crippen LogP contribution in [0.3, 0.4) is 0 Å². The molecule has 1 atom stereocenters. The standard InChI is InChI=1S/C24H34N2O4S/c1-7-30-22-12-10-21(11-13-22)26(31(6,28)29)14-8-9-24(27)25-20(5)23-16-18(3)17(2)15-19(23)4/h10-13,15-16,20H,7-9,14H2,1-6H3,(H,25,27)/t20-/m1/s1. The number of amides is 1. The predicted molar refractivity (Wildman–Crippen MR) is 126 cm³/mol. The molecule has 1 N–H and O–H groups in total. The van der Waals surface area contributed by atoms with Gasteiger partial charge in [0, 0.05) is 13.0 Å². The fourth-order valence-corrected chi connectivity index (χ4v) is 4.55. The number of hydrogen-bond acceptors (Lipinski definition) is 4. The molecule has 0 radical (unpaired) electrons. The van der Waals surface area contributed by atoms with E-state index < -0.39 is 10.0 Å². The lowest BCUT2D eigenvalue weighted by Gasteiger charge is -2.23. The highest BCUT2D eigenvalue weighted by Crippen LogP contribution is 2.23. The summed E-state index contributed by atoms with van der Waals surface area (Å²) in [7, 11) is -3.46. The Morgan fingerprint density at radius 3 is 2.26 bits per heavy atom. The van der Waals surface area contributed by atoms with Crippen LogP contribution in [0.1, 0.15) is 55.0 Å². The third-order valence-corrected chi connectivity index (χ3v) is 6.52. The SMILES string of the molecule is CCOc1ccc(N(CCCC(=O)N[C@H](C)c2cc(C)c(C)cc2C)S(C)(=O)=O)cc1. The molecule has 1 amide bonds. The molecule has 2 aromatic carbocycles. The molecule has 0 bridgehead atoms. The summed E-state index contributed by atoms with van der Waals surface area (Å²) in [5.41, 5.74) is 5.24. The maximum atomic E-state index is 12.5. The molecule has 2 aromatic rings. The van der Waals surface area contributed by atoms with E-state index in [-0.39, 0.29) is 24.9 Å². The minimum absolute atomic E-state index is 0.0923. The first kappa shape index (κ1) is 24.7. The summed E-state index contributed by atoms with van der Waals surface area (Å²) >= 11 is 0. The second kappa shape index (κ2) is 10.7. The molecule has 0 saturated carbocycles. The van der Waals surface area contributed by atoms with Crippen molar-refractivity contribution in [3.05, 3.63) is 58.7 Å². The highest BCUT2D eigenvalue weighted by molar-refractivity contribution is 7.92. The van der Waals surface area contributed by atoms with Crippen LogP contribution in [0.15, 0.2) is 36.4 Å². The Morgan fingerprint density at radius 1 is 1.06 bits per heavy atom. The molecule has 170 valence electrons. The topological polar surface area (TPSA) is 75.7 Å². The van der Waals surface area contributed by atoms with Crippen molar-refractivity contribution >= 4 is 21.6 Å². The quantitative estimate of drug-likeness (QED) is 0.586. The lowest BCUT2D eigenvalue weighted by molar-refractivity contribution is -0.121. The van der Waals surface area contributed by atoms with Gasteiger partial charge in [-0.2, -0.15) is 0 Å². The number of carbonyl (C=O) groups excluding carboxylic acids is 1. The number of aryl methyl sites for hydroxylation is 3. The maximum Gasteiger partial charge on any atom is 0.232 e. The van der Waals surface area contributed by atoms with Crippen LogP contribution in [-0.2, 0) is 14.8 Å². The van der Waals surface area contributed by atoms with Crippen LogP contribution in [0.2, 0.25) is 0 Å². The van der Waals surface area contributed by atoms with E-state index in [0.29, 0.717) is 24.5 Å². The number of rotatable bonds is 10. The first-order valence-corrected chi connectivity index (χ1v) is 12.5. The molecule has 0 aromatic heterocycles. The van der Waals surface area contributed by atoms with Gasteiger partial charge in [0.15, 0.2) is 0 Å². The van der Waals surface area contributed by atoms with Gasteiger partial charge in [-0.05, 0) is 87.6 Å². The van der Waals surface area contributed by atoms with Crippen LogP contribution >= 0.6 is 0 Å². The van der Waals surface area contributed by atoms with Crippen LogP contribution in [0.5, 0.6) is 5.75 Å². The third-order valence-electron chi connectivity index (χ3n) is 5.33. The second-order valence-corrected chi connectivity index (χ2v) is 9.85. The molecule has 0 aliphatic heterocycles. The Labute approximate surface area is 186 Å². The summed E-state index contributed by atoms with van der Waals surface area (Å²) in [6.07, 6.45) is 1.84. The molecular formula is C24H34N2O4S. The fourth-order valence-electron chi connectivity index (χ4n) is 3.59. The number of benzene rings is 2. The summed E-state index contributed by atoms with van der Waals surface area (Å²) in [6, 6.07) is 11.1. The number of sulfonamides is 1. The van der Waals surface area contributed by atoms with Crippen LogP contribution in [0.25, 0.3) is 0 Å². The van der Waals surface area contributed by atoms with Gasteiger partial charge in [0.2, 0.25) is 15.9 Å². The summed E-state index contributed by atoms with van der Waals surface area (Å²) in [4.78, 5) is 12.5. The molecule has 0 aliphatic carbocycles. The van der Waals surface area contributed by atoms with E-state index in [1.807, 2.05) is 20.8 Å². The van der Waals surface area contributed by atoms with Crippen molar-refractivity contribution in [3.8, 4) is 5.75 Å². The Bertz CT molecular complexity index is 1000. The number of nitrogens with zero attached hydrogens (tertiary/aromatic N) is 1. The van der Waals surface area contributed by atoms with E-state index in [0.717, 1.165) is 11.1 Å². The Hall–Kier alpha value is -2.54. The maximum absolute atomic E-state index is 12.5. The number of carbonyl (C=O) groups is 1. The highest BCUT2D eigenvalue weighted by Gasteiger charge is 2.18. The number of hydrogen-bond donors (Lipinski definition) is 1. The van der Waals surface area contributed by atoms with Crippen molar-refractivity contribution in [2.24, 2.45) is 0 Å². The largest absolute Gasteiger partial charge is 0.494 e. The van der Waals surface area contributed by atoms with Crippen molar-refractivity contribution in [1.82, 2.24) is 5.32 Å². The third kappa shape index (κ3) is 6.99. The molecular weight excluding hydrogens is 412 g/mol. The van der Waals surface area contributed by atoms with E-state index >= 15 is 0 Å². The van der Waals surface area contributed by atoms with Crippen LogP contribution < -0.4 is 14.4 Å². The lowest BCUT2D eigenvalue weighted by Crippen LogP contribution is -2.32. The molecule has 31 heavy (non-hydrogen) atoms. The first-order valence-electron chi connectivity index (χ1n) is 10.6. The van der Waals surface area contributed by atoms with E-state index in [1.54, 1.807) is 24.3 Å². The molecule has 0 spiro atoms. The normalized spacial score (nSPS) is 12.3. The van der Waals surface area contributed by atoms with E-state index in [4.69, 9.17) is 4.74 Å². The van der Waals surface area contributed by atoms with Crippen LogP contribution in [0, 0.1) is 20.8 Å². The molecule has 7 heteroatoms. The van der Waals surface area contributed by atoms with Crippen molar-refractivity contribution in [1.29, 1.82) is 0 Å². The molecule has 2 rings (SSSR count). The van der Waals surface area contributed by atoms with Crippen molar-refractivity contribution < 1.29 is 17.9 Å². The van der Waals surface area contributed by atoms with E-state index in [1.165, 1.54) is 21.7 Å². The first-order chi connectivity index (χ1) is 14.5. The molecule has 0 aliphatic rings. The number of ether oxygens (including phenoxy) is 1. The van der Waals surface area contributed by atoms with Crippen molar-refractivity contribution in [2.75, 3.05) is 23.7 Å². The van der Waals surface area contributed by atoms with Gasteiger partial charge in [0.25, 0.3) is 0 Å². The molecule has 6 nitrogen and oxygen atoms in total. The average molecular weight is 447 g/mol. The summed E-state index contributed by atoms with van der Waals surface area (Å²) in [6.45, 7) is 10.8. The van der Waals surface area contributed by atoms with Gasteiger partial charge in [-0.3, -0.25) is 9.10 Å². The molecule has 0 heterocycles. The Balaban J connectivity index is 1.97. The zero-order valence-electron chi connectivity index (χ0n) is 19.4. The van der Waals surface area contributed by atoms with Crippen molar-refractivity contribution in [2.45, 2.75) is 53.5 Å². The number of nitrogens with one attached hydrogen (secondary N) is 1. The van der Waals surface area contributed by atoms with Crippen molar-refractivity contribution in [3.63, 3.8) is 0 Å². The predicted octanol–water partition coefficient (Wildman–Crippen LogP) is 4.43. The zero-order valence-corrected chi connectivity index (χ0v) is 20.2. The summed E-state index contributed by atoms with van der Waals surface area (Å²) in [5, 5.41) is 3.03. The average Bonchev–Trinajstić information content (AvgIpc) is 2.68. The van der Waals surface area contributed by atoms with Gasteiger partial charge in [0.05, 0.1) is 24.6 Å². The second-order valence-electron chi connectivity index (χ2n) is 7.95. The summed E-state index contributed by atoms with van der Waals surface area (Å²) in [5.74, 6) is 0.597. The molecule has 0 fully saturated rings. The van der Waals surface area contributed by atoms with Gasteiger partial charge in [-0.15, -0.1) is 0 Å². The van der Waals surface area contributed by atoms with Gasteiger partial charge >= 0.3 is 0 Å². The van der Waals surface area contributed by atoms with E-state index in [9.17, 15) is 13.2 Å². The lowest BCUT2D eigenvalue weighted by atomic mass is 9.96. The van der Waals surface area contributed by atoms with E-state index in [2.05, 4.69) is 31.3 Å². The van der Waals surface area contributed by atoms with Gasteiger partial charge in [0.1, 0.15) is 5.75 Å². The molecule has 0 unspecified atom stereocenters.